The Labute approximate surface area is 140 Å². The molecule has 0 aromatic heterocycles. The topological polar surface area (TPSA) is 15.7 Å². The lowest BCUT2D eigenvalue weighted by molar-refractivity contribution is 0.244. The van der Waals surface area contributed by atoms with Gasteiger partial charge in [0.25, 0.3) is 0 Å². The lowest BCUT2D eigenvalue weighted by Gasteiger charge is -2.34. The Kier molecular flexibility index (Phi) is 4.78. The van der Waals surface area contributed by atoms with Crippen LogP contribution in [0, 0.1) is 0 Å². The summed E-state index contributed by atoms with van der Waals surface area (Å²) >= 11 is 0. The molecule has 3 rings (SSSR count). The van der Waals surface area contributed by atoms with Gasteiger partial charge in [-0.1, -0.05) is 18.6 Å². The molecule has 1 aromatic rings. The number of rotatable bonds is 3. The van der Waals surface area contributed by atoms with Crippen molar-refractivity contribution in [3.63, 3.8) is 0 Å². The van der Waals surface area contributed by atoms with Gasteiger partial charge in [-0.2, -0.15) is 0 Å². The first-order chi connectivity index (χ1) is 9.97. The van der Waals surface area contributed by atoms with Crippen LogP contribution in [0.25, 0.3) is 0 Å². The van der Waals surface area contributed by atoms with E-state index in [9.17, 15) is 0 Å². The van der Waals surface area contributed by atoms with Crippen LogP contribution in [0.2, 0.25) is 0 Å². The third-order valence-corrected chi connectivity index (χ3v) is 5.13. The van der Waals surface area contributed by atoms with Gasteiger partial charge in [0.15, 0.2) is 0 Å². The van der Waals surface area contributed by atoms with E-state index in [1.165, 1.54) is 23.2 Å². The van der Waals surface area contributed by atoms with E-state index in [2.05, 4.69) is 61.9 Å². The van der Waals surface area contributed by atoms with E-state index in [0.717, 1.165) is 18.8 Å². The van der Waals surface area contributed by atoms with Crippen LogP contribution in [-0.4, -0.2) is 38.3 Å². The average Bonchev–Trinajstić information content (AvgIpc) is 2.91. The first-order valence-electron chi connectivity index (χ1n) is 7.76. The molecule has 1 aromatic carbocycles. The zero-order chi connectivity index (χ0) is 15.2. The second-order valence-electron chi connectivity index (χ2n) is 6.81. The van der Waals surface area contributed by atoms with Crippen LogP contribution in [0.3, 0.4) is 0 Å². The Bertz CT molecular complexity index is 582. The van der Waals surface area contributed by atoms with Gasteiger partial charge in [-0.3, -0.25) is 4.90 Å². The van der Waals surface area contributed by atoms with Gasteiger partial charge in [-0.15, -0.1) is 12.4 Å². The van der Waals surface area contributed by atoms with Gasteiger partial charge < -0.3 is 9.64 Å². The van der Waals surface area contributed by atoms with E-state index in [0.29, 0.717) is 6.17 Å². The second kappa shape index (κ2) is 6.13. The standard InChI is InChI=1S/C18H26N2O.ClH/c1-13(2)8-10-20-11-9-18(3)15-12-14(21-5)6-7-16(15)19(4)17(18)20;/h6-8,12,17H,9-11H2,1-5H3;1H. The molecule has 0 spiro atoms. The molecule has 2 unspecified atom stereocenters. The maximum atomic E-state index is 5.43. The molecule has 2 aliphatic rings. The highest BCUT2D eigenvalue weighted by molar-refractivity contribution is 5.85. The SMILES string of the molecule is COc1ccc2c(c1)C1(C)CCN(CC=C(C)C)C1N2C.Cl. The first-order valence-corrected chi connectivity index (χ1v) is 7.76. The minimum absolute atomic E-state index is 0. The third kappa shape index (κ3) is 2.50. The molecule has 122 valence electrons. The zero-order valence-corrected chi connectivity index (χ0v) is 15.0. The van der Waals surface area contributed by atoms with Crippen molar-refractivity contribution >= 4 is 18.1 Å². The number of fused-ring (bicyclic) bond motifs is 3. The predicted octanol–water partition coefficient (Wildman–Crippen LogP) is 3.82. The van der Waals surface area contributed by atoms with Crippen LogP contribution >= 0.6 is 12.4 Å². The molecule has 0 saturated carbocycles. The van der Waals surface area contributed by atoms with Crippen molar-refractivity contribution in [1.29, 1.82) is 0 Å². The number of likely N-dealkylation sites (tertiary alicyclic amines) is 1. The minimum atomic E-state index is 0. The van der Waals surface area contributed by atoms with Crippen LogP contribution in [0.4, 0.5) is 5.69 Å². The Balaban J connectivity index is 0.00000176. The Morgan fingerprint density at radius 1 is 1.41 bits per heavy atom. The fourth-order valence-corrected chi connectivity index (χ4v) is 4.01. The predicted molar refractivity (Wildman–Crippen MR) is 95.4 cm³/mol. The van der Waals surface area contributed by atoms with Gasteiger partial charge in [-0.05, 0) is 44.0 Å². The lowest BCUT2D eigenvalue weighted by Crippen LogP contribution is -2.47. The van der Waals surface area contributed by atoms with E-state index in [-0.39, 0.29) is 17.8 Å². The molecule has 0 aliphatic carbocycles. The summed E-state index contributed by atoms with van der Waals surface area (Å²) < 4.78 is 5.43. The van der Waals surface area contributed by atoms with Crippen molar-refractivity contribution in [3.05, 3.63) is 35.4 Å². The fraction of sp³-hybridized carbons (Fsp3) is 0.556. The summed E-state index contributed by atoms with van der Waals surface area (Å²) in [4.78, 5) is 5.04. The van der Waals surface area contributed by atoms with Gasteiger partial charge in [-0.25, -0.2) is 0 Å². The summed E-state index contributed by atoms with van der Waals surface area (Å²) in [5.41, 5.74) is 4.39. The van der Waals surface area contributed by atoms with E-state index < -0.39 is 0 Å². The molecule has 2 heterocycles. The van der Waals surface area contributed by atoms with E-state index >= 15 is 0 Å². The van der Waals surface area contributed by atoms with Gasteiger partial charge in [0.05, 0.1) is 13.3 Å². The molecule has 4 heteroatoms. The number of ether oxygens (including phenoxy) is 1. The quantitative estimate of drug-likeness (QED) is 0.787. The summed E-state index contributed by atoms with van der Waals surface area (Å²) in [5.74, 6) is 0.965. The molecule has 0 radical (unpaired) electrons. The maximum Gasteiger partial charge on any atom is 0.119 e. The first kappa shape index (κ1) is 17.2. The van der Waals surface area contributed by atoms with E-state index in [4.69, 9.17) is 4.74 Å². The van der Waals surface area contributed by atoms with E-state index in [1.807, 2.05) is 0 Å². The Morgan fingerprint density at radius 3 is 2.77 bits per heavy atom. The van der Waals surface area contributed by atoms with Gasteiger partial charge >= 0.3 is 0 Å². The number of likely N-dealkylation sites (N-methyl/N-ethyl adjacent to an activating group) is 1. The number of halogens is 1. The number of hydrogen-bond acceptors (Lipinski definition) is 3. The highest BCUT2D eigenvalue weighted by atomic mass is 35.5. The monoisotopic (exact) mass is 322 g/mol. The smallest absolute Gasteiger partial charge is 0.119 e. The van der Waals surface area contributed by atoms with Crippen LogP contribution in [-0.2, 0) is 5.41 Å². The van der Waals surface area contributed by atoms with E-state index in [1.54, 1.807) is 7.11 Å². The largest absolute Gasteiger partial charge is 0.497 e. The summed E-state index contributed by atoms with van der Waals surface area (Å²) in [7, 11) is 3.97. The summed E-state index contributed by atoms with van der Waals surface area (Å²) in [5, 5.41) is 0. The Morgan fingerprint density at radius 2 is 2.14 bits per heavy atom. The molecule has 1 saturated heterocycles. The number of benzene rings is 1. The number of hydrogen-bond donors (Lipinski definition) is 0. The molecule has 2 aliphatic heterocycles. The van der Waals surface area contributed by atoms with Crippen LogP contribution in [0.1, 0.15) is 32.8 Å². The fourth-order valence-electron chi connectivity index (χ4n) is 4.01. The van der Waals surface area contributed by atoms with Crippen molar-refractivity contribution in [2.75, 3.05) is 32.1 Å². The summed E-state index contributed by atoms with van der Waals surface area (Å²) in [6.45, 7) is 8.95. The molecule has 0 bridgehead atoms. The Hall–Kier alpha value is -1.19. The van der Waals surface area contributed by atoms with Crippen molar-refractivity contribution in [3.8, 4) is 5.75 Å². The van der Waals surface area contributed by atoms with Crippen LogP contribution in [0.5, 0.6) is 5.75 Å². The van der Waals surface area contributed by atoms with Crippen LogP contribution < -0.4 is 9.64 Å². The molecule has 0 N–H and O–H groups in total. The zero-order valence-electron chi connectivity index (χ0n) is 14.2. The van der Waals surface area contributed by atoms with Crippen LogP contribution in [0.15, 0.2) is 29.8 Å². The normalized spacial score (nSPS) is 26.2. The van der Waals surface area contributed by atoms with Gasteiger partial charge in [0.2, 0.25) is 0 Å². The highest BCUT2D eigenvalue weighted by Gasteiger charge is 2.52. The third-order valence-electron chi connectivity index (χ3n) is 5.13. The maximum absolute atomic E-state index is 5.43. The lowest BCUT2D eigenvalue weighted by atomic mass is 9.81. The van der Waals surface area contributed by atoms with Gasteiger partial charge in [0.1, 0.15) is 5.75 Å². The number of nitrogens with zero attached hydrogens (tertiary/aromatic N) is 2. The van der Waals surface area contributed by atoms with Crippen molar-refractivity contribution in [2.45, 2.75) is 38.8 Å². The molecule has 1 fully saturated rings. The number of anilines is 1. The summed E-state index contributed by atoms with van der Waals surface area (Å²) in [6.07, 6.45) is 4.00. The molecule has 3 nitrogen and oxygen atoms in total. The molecule has 2 atom stereocenters. The second-order valence-corrected chi connectivity index (χ2v) is 6.81. The minimum Gasteiger partial charge on any atom is -0.497 e. The highest BCUT2D eigenvalue weighted by Crippen LogP contribution is 2.52. The molecule has 22 heavy (non-hydrogen) atoms. The summed E-state index contributed by atoms with van der Waals surface area (Å²) in [6, 6.07) is 6.51. The van der Waals surface area contributed by atoms with Crippen molar-refractivity contribution in [2.24, 2.45) is 0 Å². The number of allylic oxidation sites excluding steroid dienone is 1. The molecule has 0 amide bonds. The number of methoxy groups -OCH3 is 1. The molecular formula is C18H27ClN2O. The van der Waals surface area contributed by atoms with Crippen molar-refractivity contribution in [1.82, 2.24) is 4.90 Å². The van der Waals surface area contributed by atoms with Crippen molar-refractivity contribution < 1.29 is 4.74 Å². The van der Waals surface area contributed by atoms with Gasteiger partial charge in [0, 0.05) is 31.2 Å². The molecular weight excluding hydrogens is 296 g/mol. The average molecular weight is 323 g/mol.